The summed E-state index contributed by atoms with van der Waals surface area (Å²) in [5.74, 6) is -0.0565. The molecule has 2 N–H and O–H groups in total. The summed E-state index contributed by atoms with van der Waals surface area (Å²) in [5.41, 5.74) is 6.42. The van der Waals surface area contributed by atoms with Gasteiger partial charge in [-0.1, -0.05) is 29.3 Å². The third-order valence-electron chi connectivity index (χ3n) is 2.93. The van der Waals surface area contributed by atoms with Gasteiger partial charge in [0.15, 0.2) is 0 Å². The highest BCUT2D eigenvalue weighted by Crippen LogP contribution is 2.25. The van der Waals surface area contributed by atoms with Crippen LogP contribution >= 0.6 is 23.2 Å². The first kappa shape index (κ1) is 13.4. The van der Waals surface area contributed by atoms with Crippen LogP contribution in [0.4, 0.5) is 0 Å². The number of hydrogen-bond acceptors (Lipinski definition) is 2. The first-order chi connectivity index (χ1) is 8.58. The van der Waals surface area contributed by atoms with Crippen molar-refractivity contribution in [2.24, 2.45) is 5.73 Å². The fraction of sp³-hybridized carbons (Fsp3) is 0.308. The highest BCUT2D eigenvalue weighted by atomic mass is 35.5. The molecule has 1 unspecified atom stereocenters. The topological polar surface area (TPSA) is 46.3 Å². The minimum atomic E-state index is -0.0565. The van der Waals surface area contributed by atoms with Gasteiger partial charge in [-0.3, -0.25) is 4.79 Å². The van der Waals surface area contributed by atoms with Gasteiger partial charge >= 0.3 is 0 Å². The van der Waals surface area contributed by atoms with Crippen molar-refractivity contribution >= 4 is 35.2 Å². The summed E-state index contributed by atoms with van der Waals surface area (Å²) in [6.07, 6.45) is 3.99. The van der Waals surface area contributed by atoms with E-state index in [-0.39, 0.29) is 11.9 Å². The van der Waals surface area contributed by atoms with E-state index in [9.17, 15) is 4.79 Å². The van der Waals surface area contributed by atoms with Crippen molar-refractivity contribution in [1.29, 1.82) is 0 Å². The van der Waals surface area contributed by atoms with Gasteiger partial charge in [-0.15, -0.1) is 0 Å². The molecule has 0 aromatic heterocycles. The van der Waals surface area contributed by atoms with Crippen molar-refractivity contribution in [3.8, 4) is 0 Å². The summed E-state index contributed by atoms with van der Waals surface area (Å²) in [7, 11) is 0. The van der Waals surface area contributed by atoms with E-state index in [2.05, 4.69) is 0 Å². The summed E-state index contributed by atoms with van der Waals surface area (Å²) in [6, 6.07) is 5.34. The minimum absolute atomic E-state index is 0.0565. The van der Waals surface area contributed by atoms with E-state index in [4.69, 9.17) is 28.9 Å². The molecule has 0 saturated carbocycles. The van der Waals surface area contributed by atoms with E-state index in [0.717, 1.165) is 6.42 Å². The number of benzene rings is 1. The van der Waals surface area contributed by atoms with Crippen LogP contribution in [0, 0.1) is 0 Å². The van der Waals surface area contributed by atoms with Crippen LogP contribution < -0.4 is 5.73 Å². The van der Waals surface area contributed by atoms with E-state index >= 15 is 0 Å². The van der Waals surface area contributed by atoms with Crippen LogP contribution in [-0.4, -0.2) is 29.9 Å². The van der Waals surface area contributed by atoms with E-state index in [0.29, 0.717) is 28.7 Å². The van der Waals surface area contributed by atoms with Crippen LogP contribution in [0.1, 0.15) is 12.0 Å². The molecule has 3 nitrogen and oxygen atoms in total. The largest absolute Gasteiger partial charge is 0.338 e. The highest BCUT2D eigenvalue weighted by molar-refractivity contribution is 6.37. The molecule has 2 rings (SSSR count). The number of nitrogens with two attached hydrogens (primary N) is 1. The highest BCUT2D eigenvalue weighted by Gasteiger charge is 2.21. The lowest BCUT2D eigenvalue weighted by Crippen LogP contribution is -2.30. The molecule has 1 saturated heterocycles. The van der Waals surface area contributed by atoms with Crippen molar-refractivity contribution in [3.63, 3.8) is 0 Å². The van der Waals surface area contributed by atoms with Crippen LogP contribution in [0.25, 0.3) is 6.08 Å². The summed E-state index contributed by atoms with van der Waals surface area (Å²) in [4.78, 5) is 13.6. The maximum Gasteiger partial charge on any atom is 0.246 e. The third kappa shape index (κ3) is 3.05. The zero-order valence-corrected chi connectivity index (χ0v) is 11.3. The van der Waals surface area contributed by atoms with E-state index < -0.39 is 0 Å². The molecule has 5 heteroatoms. The standard InChI is InChI=1S/C13H14Cl2N2O/c14-11-2-1-3-12(15)10(11)4-5-13(18)17-7-6-9(16)8-17/h1-5,9H,6-8,16H2/b5-4+. The Labute approximate surface area is 116 Å². The Morgan fingerprint density at radius 3 is 2.61 bits per heavy atom. The smallest absolute Gasteiger partial charge is 0.246 e. The van der Waals surface area contributed by atoms with Crippen molar-refractivity contribution in [2.75, 3.05) is 13.1 Å². The fourth-order valence-electron chi connectivity index (χ4n) is 1.92. The van der Waals surface area contributed by atoms with Gasteiger partial charge in [-0.2, -0.15) is 0 Å². The van der Waals surface area contributed by atoms with Crippen LogP contribution in [-0.2, 0) is 4.79 Å². The average Bonchev–Trinajstić information content (AvgIpc) is 2.75. The molecule has 1 heterocycles. The van der Waals surface area contributed by atoms with Gasteiger partial charge in [0, 0.05) is 40.8 Å². The predicted molar refractivity (Wildman–Crippen MR) is 74.7 cm³/mol. The molecule has 0 radical (unpaired) electrons. The van der Waals surface area contributed by atoms with Gasteiger partial charge in [-0.25, -0.2) is 0 Å². The first-order valence-electron chi connectivity index (χ1n) is 5.74. The normalized spacial score (nSPS) is 19.7. The molecule has 18 heavy (non-hydrogen) atoms. The summed E-state index contributed by atoms with van der Waals surface area (Å²) >= 11 is 12.0. The molecule has 1 aliphatic heterocycles. The molecule has 1 aromatic carbocycles. The van der Waals surface area contributed by atoms with Gasteiger partial charge in [0.2, 0.25) is 5.91 Å². The SMILES string of the molecule is NC1CCN(C(=O)/C=C/c2c(Cl)cccc2Cl)C1. The number of rotatable bonds is 2. The van der Waals surface area contributed by atoms with E-state index in [1.807, 2.05) is 0 Å². The number of likely N-dealkylation sites (tertiary alicyclic amines) is 1. The monoisotopic (exact) mass is 284 g/mol. The molecule has 0 aliphatic carbocycles. The molecule has 0 spiro atoms. The van der Waals surface area contributed by atoms with Gasteiger partial charge in [0.1, 0.15) is 0 Å². The second-order valence-corrected chi connectivity index (χ2v) is 5.12. The third-order valence-corrected chi connectivity index (χ3v) is 3.59. The van der Waals surface area contributed by atoms with Crippen LogP contribution in [0.2, 0.25) is 10.0 Å². The Hall–Kier alpha value is -1.03. The van der Waals surface area contributed by atoms with Crippen molar-refractivity contribution in [1.82, 2.24) is 4.90 Å². The number of hydrogen-bond donors (Lipinski definition) is 1. The quantitative estimate of drug-likeness (QED) is 0.849. The fourth-order valence-corrected chi connectivity index (χ4v) is 2.44. The second kappa shape index (κ2) is 5.74. The molecule has 0 bridgehead atoms. The Kier molecular flexibility index (Phi) is 4.27. The Morgan fingerprint density at radius 1 is 1.39 bits per heavy atom. The van der Waals surface area contributed by atoms with Gasteiger partial charge in [0.05, 0.1) is 0 Å². The summed E-state index contributed by atoms with van der Waals surface area (Å²) < 4.78 is 0. The molecule has 96 valence electrons. The molecular weight excluding hydrogens is 271 g/mol. The number of carbonyl (C=O) groups is 1. The number of carbonyl (C=O) groups excluding carboxylic acids is 1. The Morgan fingerprint density at radius 2 is 2.06 bits per heavy atom. The van der Waals surface area contributed by atoms with Crippen LogP contribution in [0.3, 0.4) is 0 Å². The van der Waals surface area contributed by atoms with Crippen molar-refractivity contribution in [3.05, 3.63) is 39.9 Å². The zero-order valence-electron chi connectivity index (χ0n) is 9.77. The maximum atomic E-state index is 11.9. The predicted octanol–water partition coefficient (Wildman–Crippen LogP) is 2.57. The van der Waals surface area contributed by atoms with Gasteiger partial charge in [0.25, 0.3) is 0 Å². The maximum absolute atomic E-state index is 11.9. The molecule has 1 aliphatic rings. The number of halogens is 2. The number of amides is 1. The lowest BCUT2D eigenvalue weighted by molar-refractivity contribution is -0.124. The summed E-state index contributed by atoms with van der Waals surface area (Å²) in [5, 5.41) is 1.06. The lowest BCUT2D eigenvalue weighted by atomic mass is 10.2. The molecule has 1 fully saturated rings. The molecular formula is C13H14Cl2N2O. The van der Waals surface area contributed by atoms with Gasteiger partial charge in [-0.05, 0) is 24.6 Å². The van der Waals surface area contributed by atoms with Crippen LogP contribution in [0.5, 0.6) is 0 Å². The zero-order chi connectivity index (χ0) is 13.1. The molecule has 1 atom stereocenters. The van der Waals surface area contributed by atoms with E-state index in [1.54, 1.807) is 29.2 Å². The molecule has 1 amide bonds. The average molecular weight is 285 g/mol. The van der Waals surface area contributed by atoms with Gasteiger partial charge < -0.3 is 10.6 Å². The Bertz CT molecular complexity index is 468. The van der Waals surface area contributed by atoms with Crippen molar-refractivity contribution in [2.45, 2.75) is 12.5 Å². The minimum Gasteiger partial charge on any atom is -0.338 e. The van der Waals surface area contributed by atoms with E-state index in [1.165, 1.54) is 6.08 Å². The molecule has 1 aromatic rings. The van der Waals surface area contributed by atoms with Crippen molar-refractivity contribution < 1.29 is 4.79 Å². The first-order valence-corrected chi connectivity index (χ1v) is 6.50. The second-order valence-electron chi connectivity index (χ2n) is 4.30. The van der Waals surface area contributed by atoms with Crippen LogP contribution in [0.15, 0.2) is 24.3 Å². The lowest BCUT2D eigenvalue weighted by Gasteiger charge is -2.12. The number of nitrogens with zero attached hydrogens (tertiary/aromatic N) is 1. The Balaban J connectivity index is 2.09. The summed E-state index contributed by atoms with van der Waals surface area (Å²) in [6.45, 7) is 1.32.